The first kappa shape index (κ1) is 12.1. The smallest absolute Gasteiger partial charge is 0.125 e. The van der Waals surface area contributed by atoms with E-state index in [0.717, 1.165) is 0 Å². The van der Waals surface area contributed by atoms with E-state index in [2.05, 4.69) is 4.99 Å². The van der Waals surface area contributed by atoms with Gasteiger partial charge in [0.05, 0.1) is 5.69 Å². The lowest BCUT2D eigenvalue weighted by Gasteiger charge is -1.98. The van der Waals surface area contributed by atoms with Crippen molar-refractivity contribution in [2.24, 2.45) is 4.99 Å². The molecule has 1 nitrogen and oxygen atoms in total. The molecule has 0 unspecified atom stereocenters. The van der Waals surface area contributed by atoms with E-state index < -0.39 is 0 Å². The van der Waals surface area contributed by atoms with Gasteiger partial charge in [-0.2, -0.15) is 0 Å². The molecule has 2 aromatic rings. The molecule has 0 N–H and O–H groups in total. The summed E-state index contributed by atoms with van der Waals surface area (Å²) in [4.78, 5) is 4.13. The van der Waals surface area contributed by atoms with Crippen LogP contribution in [0.5, 0.6) is 0 Å². The van der Waals surface area contributed by atoms with E-state index in [1.165, 1.54) is 12.1 Å². The van der Waals surface area contributed by atoms with Gasteiger partial charge in [-0.05, 0) is 36.4 Å². The van der Waals surface area contributed by atoms with Gasteiger partial charge in [-0.15, -0.1) is 0 Å². The van der Waals surface area contributed by atoms with Crippen molar-refractivity contribution in [3.63, 3.8) is 0 Å². The van der Waals surface area contributed by atoms with E-state index in [0.29, 0.717) is 21.3 Å². The first-order valence-electron chi connectivity index (χ1n) is 4.90. The van der Waals surface area contributed by atoms with Gasteiger partial charge in [-0.1, -0.05) is 29.3 Å². The van der Waals surface area contributed by atoms with Gasteiger partial charge in [0, 0.05) is 21.8 Å². The fourth-order valence-electron chi connectivity index (χ4n) is 1.31. The number of hydrogen-bond donors (Lipinski definition) is 0. The molecule has 0 aliphatic rings. The molecule has 0 saturated carbocycles. The minimum atomic E-state index is -0.322. The monoisotopic (exact) mass is 267 g/mol. The van der Waals surface area contributed by atoms with Crippen LogP contribution in [0.2, 0.25) is 10.0 Å². The van der Waals surface area contributed by atoms with Crippen LogP contribution in [0.4, 0.5) is 10.1 Å². The quantitative estimate of drug-likeness (QED) is 0.688. The molecule has 4 heteroatoms. The number of hydrogen-bond acceptors (Lipinski definition) is 1. The summed E-state index contributed by atoms with van der Waals surface area (Å²) in [6.45, 7) is 0. The number of rotatable bonds is 2. The predicted molar refractivity (Wildman–Crippen MR) is 70.1 cm³/mol. The Balaban J connectivity index is 2.29. The Labute approximate surface area is 109 Å². The van der Waals surface area contributed by atoms with Crippen molar-refractivity contribution in [3.05, 3.63) is 63.9 Å². The van der Waals surface area contributed by atoms with Crippen LogP contribution in [0.3, 0.4) is 0 Å². The van der Waals surface area contributed by atoms with Gasteiger partial charge in [0.25, 0.3) is 0 Å². The molecule has 2 rings (SSSR count). The average Bonchev–Trinajstić information content (AvgIpc) is 2.30. The van der Waals surface area contributed by atoms with Gasteiger partial charge in [-0.25, -0.2) is 4.39 Å². The summed E-state index contributed by atoms with van der Waals surface area (Å²) < 4.78 is 12.9. The second kappa shape index (κ2) is 5.30. The average molecular weight is 268 g/mol. The highest BCUT2D eigenvalue weighted by atomic mass is 35.5. The summed E-state index contributed by atoms with van der Waals surface area (Å²) in [5.41, 5.74) is 1.23. The summed E-state index contributed by atoms with van der Waals surface area (Å²) in [6.07, 6.45) is 1.56. The maximum absolute atomic E-state index is 12.9. The van der Waals surface area contributed by atoms with E-state index in [-0.39, 0.29) is 5.82 Å². The third kappa shape index (κ3) is 3.29. The van der Waals surface area contributed by atoms with Crippen molar-refractivity contribution in [1.82, 2.24) is 0 Å². The normalized spacial score (nSPS) is 11.0. The van der Waals surface area contributed by atoms with Crippen molar-refractivity contribution in [2.45, 2.75) is 0 Å². The van der Waals surface area contributed by atoms with E-state index >= 15 is 0 Å². The molecule has 0 spiro atoms. The third-order valence-electron chi connectivity index (χ3n) is 2.12. The highest BCUT2D eigenvalue weighted by Crippen LogP contribution is 2.20. The molecule has 0 aliphatic heterocycles. The second-order valence-corrected chi connectivity index (χ2v) is 4.25. The standard InChI is InChI=1S/C13H8Cl2FN/c14-10-4-5-13(15)9(6-10)8-17-12-3-1-2-11(16)7-12/h1-8H. The maximum atomic E-state index is 12.9. The van der Waals surface area contributed by atoms with Crippen LogP contribution in [0.1, 0.15) is 5.56 Å². The SMILES string of the molecule is Fc1cccc(N=Cc2cc(Cl)ccc2Cl)c1. The molecule has 0 aromatic heterocycles. The van der Waals surface area contributed by atoms with Crippen LogP contribution >= 0.6 is 23.2 Å². The Bertz CT molecular complexity index is 567. The summed E-state index contributed by atoms with van der Waals surface area (Å²) in [6, 6.07) is 11.1. The maximum Gasteiger partial charge on any atom is 0.125 e. The lowest BCUT2D eigenvalue weighted by atomic mass is 10.2. The summed E-state index contributed by atoms with van der Waals surface area (Å²) in [5, 5.41) is 1.13. The van der Waals surface area contributed by atoms with Crippen LogP contribution in [0.15, 0.2) is 47.5 Å². The van der Waals surface area contributed by atoms with Gasteiger partial charge >= 0.3 is 0 Å². The summed E-state index contributed by atoms with van der Waals surface area (Å²) >= 11 is 11.8. The van der Waals surface area contributed by atoms with Crippen molar-refractivity contribution in [2.75, 3.05) is 0 Å². The highest BCUT2D eigenvalue weighted by Gasteiger charge is 1.98. The van der Waals surface area contributed by atoms with Gasteiger partial charge < -0.3 is 0 Å². The van der Waals surface area contributed by atoms with Crippen molar-refractivity contribution < 1.29 is 4.39 Å². The molecule has 0 fully saturated rings. The number of halogens is 3. The zero-order valence-corrected chi connectivity index (χ0v) is 10.2. The van der Waals surface area contributed by atoms with Crippen LogP contribution < -0.4 is 0 Å². The molecular formula is C13H8Cl2FN. The van der Waals surface area contributed by atoms with Crippen molar-refractivity contribution in [1.29, 1.82) is 0 Å². The largest absolute Gasteiger partial charge is 0.256 e. The molecular weight excluding hydrogens is 260 g/mol. The Kier molecular flexibility index (Phi) is 3.77. The Morgan fingerprint density at radius 1 is 1.06 bits per heavy atom. The van der Waals surface area contributed by atoms with Crippen LogP contribution in [0, 0.1) is 5.82 Å². The zero-order valence-electron chi connectivity index (χ0n) is 8.70. The van der Waals surface area contributed by atoms with E-state index in [4.69, 9.17) is 23.2 Å². The third-order valence-corrected chi connectivity index (χ3v) is 2.70. The van der Waals surface area contributed by atoms with Crippen molar-refractivity contribution in [3.8, 4) is 0 Å². The molecule has 17 heavy (non-hydrogen) atoms. The molecule has 0 radical (unpaired) electrons. The second-order valence-electron chi connectivity index (χ2n) is 3.40. The lowest BCUT2D eigenvalue weighted by Crippen LogP contribution is -1.82. The minimum absolute atomic E-state index is 0.322. The zero-order chi connectivity index (χ0) is 12.3. The molecule has 86 valence electrons. The highest BCUT2D eigenvalue weighted by molar-refractivity contribution is 6.35. The summed E-state index contributed by atoms with van der Waals surface area (Å²) in [5.74, 6) is -0.322. The molecule has 0 saturated heterocycles. The molecule has 0 heterocycles. The van der Waals surface area contributed by atoms with Crippen LogP contribution in [-0.2, 0) is 0 Å². The van der Waals surface area contributed by atoms with Gasteiger partial charge in [0.15, 0.2) is 0 Å². The molecule has 0 amide bonds. The fourth-order valence-corrected chi connectivity index (χ4v) is 1.66. The Morgan fingerprint density at radius 3 is 2.65 bits per heavy atom. The van der Waals surface area contributed by atoms with E-state index in [1.54, 1.807) is 36.5 Å². The number of benzene rings is 2. The van der Waals surface area contributed by atoms with Crippen molar-refractivity contribution >= 4 is 35.1 Å². The van der Waals surface area contributed by atoms with Crippen LogP contribution in [-0.4, -0.2) is 6.21 Å². The van der Waals surface area contributed by atoms with Gasteiger partial charge in [0.2, 0.25) is 0 Å². The number of aliphatic imine (C=N–C) groups is 1. The minimum Gasteiger partial charge on any atom is -0.256 e. The first-order chi connectivity index (χ1) is 8.15. The lowest BCUT2D eigenvalue weighted by molar-refractivity contribution is 0.628. The van der Waals surface area contributed by atoms with Gasteiger partial charge in [-0.3, -0.25) is 4.99 Å². The molecule has 2 aromatic carbocycles. The molecule has 0 bridgehead atoms. The molecule has 0 aliphatic carbocycles. The van der Waals surface area contributed by atoms with Gasteiger partial charge in [0.1, 0.15) is 5.82 Å². The molecule has 0 atom stereocenters. The fraction of sp³-hybridized carbons (Fsp3) is 0. The van der Waals surface area contributed by atoms with E-state index in [9.17, 15) is 4.39 Å². The number of nitrogens with zero attached hydrogens (tertiary/aromatic N) is 1. The Morgan fingerprint density at radius 2 is 1.88 bits per heavy atom. The predicted octanol–water partition coefficient (Wildman–Crippen LogP) is 4.88. The first-order valence-corrected chi connectivity index (χ1v) is 5.65. The topological polar surface area (TPSA) is 12.4 Å². The summed E-state index contributed by atoms with van der Waals surface area (Å²) in [7, 11) is 0. The van der Waals surface area contributed by atoms with Crippen LogP contribution in [0.25, 0.3) is 0 Å². The van der Waals surface area contributed by atoms with E-state index in [1.807, 2.05) is 0 Å². The Hall–Kier alpha value is -1.38.